The average molecular weight is 551 g/mol. The van der Waals surface area contributed by atoms with Crippen molar-refractivity contribution in [2.75, 3.05) is 27.4 Å². The van der Waals surface area contributed by atoms with Gasteiger partial charge in [0.2, 0.25) is 0 Å². The predicted molar refractivity (Wildman–Crippen MR) is 134 cm³/mol. The Hall–Kier alpha value is -2.73. The van der Waals surface area contributed by atoms with Crippen LogP contribution in [-0.2, 0) is 42.8 Å². The normalized spacial score (nSPS) is 36.0. The minimum Gasteiger partial charge on any atom is -0.472 e. The molecule has 216 valence electrons. The van der Waals surface area contributed by atoms with Gasteiger partial charge in [-0.1, -0.05) is 6.42 Å². The van der Waals surface area contributed by atoms with E-state index in [1.165, 1.54) is 35.0 Å². The third-order valence-corrected chi connectivity index (χ3v) is 8.76. The van der Waals surface area contributed by atoms with Crippen LogP contribution in [0.25, 0.3) is 0 Å². The van der Waals surface area contributed by atoms with E-state index in [4.69, 9.17) is 32.8 Å². The first-order valence-corrected chi connectivity index (χ1v) is 13.1. The van der Waals surface area contributed by atoms with Crippen LogP contribution in [0.1, 0.15) is 65.0 Å². The number of hydrogen-bond acceptors (Lipinski definition) is 11. The summed E-state index contributed by atoms with van der Waals surface area (Å²) < 4.78 is 40.6. The van der Waals surface area contributed by atoms with Crippen LogP contribution in [0.3, 0.4) is 0 Å². The van der Waals surface area contributed by atoms with Crippen LogP contribution in [0.4, 0.5) is 0 Å². The maximum absolute atomic E-state index is 12.5. The molecule has 3 aliphatic rings. The molecular weight excluding hydrogens is 512 g/mol. The Balaban J connectivity index is 2.06. The quantitative estimate of drug-likeness (QED) is 0.377. The highest BCUT2D eigenvalue weighted by Gasteiger charge is 2.75. The molecule has 0 unspecified atom stereocenters. The van der Waals surface area contributed by atoms with E-state index in [9.17, 15) is 19.5 Å². The molecule has 0 aromatic carbocycles. The van der Waals surface area contributed by atoms with Gasteiger partial charge in [0, 0.05) is 40.6 Å². The van der Waals surface area contributed by atoms with Gasteiger partial charge in [0.15, 0.2) is 12.4 Å². The Bertz CT molecular complexity index is 1110. The van der Waals surface area contributed by atoms with E-state index in [1.54, 1.807) is 18.6 Å². The lowest BCUT2D eigenvalue weighted by Crippen LogP contribution is -2.72. The van der Waals surface area contributed by atoms with Crippen LogP contribution in [-0.4, -0.2) is 68.4 Å². The highest BCUT2D eigenvalue weighted by atomic mass is 16.7. The van der Waals surface area contributed by atoms with Gasteiger partial charge in [0.1, 0.15) is 18.0 Å². The molecule has 4 rings (SSSR count). The molecule has 1 N–H and O–H groups in total. The Morgan fingerprint density at radius 1 is 1.10 bits per heavy atom. The molecule has 0 radical (unpaired) electrons. The summed E-state index contributed by atoms with van der Waals surface area (Å²) in [5, 5.41) is 12.4. The van der Waals surface area contributed by atoms with E-state index in [-0.39, 0.29) is 25.4 Å². The lowest BCUT2D eigenvalue weighted by atomic mass is 9.43. The third-order valence-electron chi connectivity index (χ3n) is 8.76. The first-order valence-electron chi connectivity index (χ1n) is 13.1. The molecule has 2 aliphatic carbocycles. The van der Waals surface area contributed by atoms with E-state index in [2.05, 4.69) is 0 Å². The number of ether oxygens (including phenoxy) is 6. The number of esters is 3. The molecule has 39 heavy (non-hydrogen) atoms. The SMILES string of the molecule is COC[C@@]1(O)CCC[C@@H]2[C@@]3(C[C@@H](c4ccoc4)O[C@H]3OC)C(C)=C(OC(C)=O)[C@H](OC(C)=O)[C@]21COC(C)=O. The van der Waals surface area contributed by atoms with Gasteiger partial charge in [-0.2, -0.15) is 0 Å². The molecule has 2 fully saturated rings. The van der Waals surface area contributed by atoms with Gasteiger partial charge < -0.3 is 37.9 Å². The Labute approximate surface area is 227 Å². The van der Waals surface area contributed by atoms with Crippen LogP contribution < -0.4 is 0 Å². The van der Waals surface area contributed by atoms with Crippen molar-refractivity contribution in [1.82, 2.24) is 0 Å². The van der Waals surface area contributed by atoms with Crippen molar-refractivity contribution in [3.63, 3.8) is 0 Å². The van der Waals surface area contributed by atoms with Crippen LogP contribution in [0.5, 0.6) is 0 Å². The second-order valence-corrected chi connectivity index (χ2v) is 10.8. The minimum absolute atomic E-state index is 0.0658. The van der Waals surface area contributed by atoms with E-state index in [1.807, 2.05) is 6.92 Å². The number of furan rings is 1. The average Bonchev–Trinajstić information content (AvgIpc) is 3.52. The van der Waals surface area contributed by atoms with Crippen molar-refractivity contribution in [3.8, 4) is 0 Å². The van der Waals surface area contributed by atoms with Crippen molar-refractivity contribution in [1.29, 1.82) is 0 Å². The number of aliphatic hydroxyl groups is 1. The van der Waals surface area contributed by atoms with Gasteiger partial charge in [0.05, 0.1) is 36.1 Å². The fraction of sp³-hybridized carbons (Fsp3) is 0.679. The number of rotatable bonds is 8. The minimum atomic E-state index is -1.65. The summed E-state index contributed by atoms with van der Waals surface area (Å²) >= 11 is 0. The van der Waals surface area contributed by atoms with Gasteiger partial charge in [-0.3, -0.25) is 14.4 Å². The molecule has 1 saturated carbocycles. The fourth-order valence-corrected chi connectivity index (χ4v) is 7.34. The standard InChI is InChI=1S/C28H38O11/c1-16-23(37-18(3)30)24(38-19(4)31)28(15-36-17(2)29)22(8-7-10-26(28,32)14-33-5)27(16)12-21(39-25(27)34-6)20-9-11-35-13-20/h9,11,13,21-22,24-25,32H,7-8,10,12,14-15H2,1-6H3/t21-,22+,24-,25+,26-,27+,28-/m0/s1. The van der Waals surface area contributed by atoms with E-state index >= 15 is 0 Å². The second-order valence-electron chi connectivity index (χ2n) is 10.8. The molecule has 0 bridgehead atoms. The molecule has 1 aliphatic heterocycles. The third kappa shape index (κ3) is 4.69. The molecule has 1 saturated heterocycles. The van der Waals surface area contributed by atoms with E-state index in [0.717, 1.165) is 5.56 Å². The van der Waals surface area contributed by atoms with Gasteiger partial charge in [0.25, 0.3) is 0 Å². The monoisotopic (exact) mass is 550 g/mol. The Morgan fingerprint density at radius 3 is 2.41 bits per heavy atom. The van der Waals surface area contributed by atoms with Crippen molar-refractivity contribution in [2.24, 2.45) is 16.7 Å². The van der Waals surface area contributed by atoms with E-state index < -0.39 is 58.8 Å². The predicted octanol–water partition coefficient (Wildman–Crippen LogP) is 3.21. The molecule has 1 aromatic heterocycles. The van der Waals surface area contributed by atoms with Crippen LogP contribution >= 0.6 is 0 Å². The topological polar surface area (TPSA) is 140 Å². The van der Waals surface area contributed by atoms with Crippen LogP contribution in [0.15, 0.2) is 34.3 Å². The largest absolute Gasteiger partial charge is 0.472 e. The van der Waals surface area contributed by atoms with Crippen LogP contribution in [0, 0.1) is 16.7 Å². The fourth-order valence-electron chi connectivity index (χ4n) is 7.34. The molecule has 0 amide bonds. The second kappa shape index (κ2) is 11.0. The molecule has 1 spiro atoms. The lowest BCUT2D eigenvalue weighted by Gasteiger charge is -2.64. The zero-order valence-corrected chi connectivity index (χ0v) is 23.3. The van der Waals surface area contributed by atoms with E-state index in [0.29, 0.717) is 24.8 Å². The maximum atomic E-state index is 12.5. The van der Waals surface area contributed by atoms with Gasteiger partial charge >= 0.3 is 17.9 Å². The van der Waals surface area contributed by atoms with Crippen molar-refractivity contribution in [2.45, 2.75) is 77.5 Å². The van der Waals surface area contributed by atoms with Gasteiger partial charge in [-0.05, 0) is 43.7 Å². The Kier molecular flexibility index (Phi) is 8.28. The first-order chi connectivity index (χ1) is 18.5. The molecule has 2 heterocycles. The highest BCUT2D eigenvalue weighted by molar-refractivity contribution is 5.70. The molecule has 1 aromatic rings. The highest BCUT2D eigenvalue weighted by Crippen LogP contribution is 2.69. The number of fused-ring (bicyclic) bond motifs is 2. The molecule has 7 atom stereocenters. The lowest BCUT2D eigenvalue weighted by molar-refractivity contribution is -0.278. The van der Waals surface area contributed by atoms with Gasteiger partial charge in [-0.25, -0.2) is 0 Å². The number of hydrogen-bond donors (Lipinski definition) is 1. The zero-order valence-electron chi connectivity index (χ0n) is 23.3. The summed E-state index contributed by atoms with van der Waals surface area (Å²) in [5.41, 5.74) is -2.70. The number of carbonyl (C=O) groups is 3. The zero-order chi connectivity index (χ0) is 28.6. The molecular formula is C28H38O11. The molecule has 11 nitrogen and oxygen atoms in total. The summed E-state index contributed by atoms with van der Waals surface area (Å²) in [6.07, 6.45) is 2.40. The molecule has 11 heteroatoms. The summed E-state index contributed by atoms with van der Waals surface area (Å²) in [4.78, 5) is 37.2. The van der Waals surface area contributed by atoms with Crippen LogP contribution in [0.2, 0.25) is 0 Å². The summed E-state index contributed by atoms with van der Waals surface area (Å²) in [6, 6.07) is 1.81. The van der Waals surface area contributed by atoms with Crippen molar-refractivity contribution >= 4 is 17.9 Å². The number of carbonyl (C=O) groups excluding carboxylic acids is 3. The van der Waals surface area contributed by atoms with Crippen molar-refractivity contribution in [3.05, 3.63) is 35.5 Å². The Morgan fingerprint density at radius 2 is 1.85 bits per heavy atom. The number of methoxy groups -OCH3 is 2. The summed E-state index contributed by atoms with van der Waals surface area (Å²) in [5.74, 6) is -2.31. The maximum Gasteiger partial charge on any atom is 0.307 e. The first kappa shape index (κ1) is 29.3. The smallest absolute Gasteiger partial charge is 0.307 e. The van der Waals surface area contributed by atoms with Gasteiger partial charge in [-0.15, -0.1) is 0 Å². The summed E-state index contributed by atoms with van der Waals surface area (Å²) in [6.45, 7) is 5.10. The summed E-state index contributed by atoms with van der Waals surface area (Å²) in [7, 11) is 2.99. The van der Waals surface area contributed by atoms with Crippen molar-refractivity contribution < 1.29 is 52.3 Å².